The molecule has 1 aliphatic rings. The molecule has 1 aliphatic heterocycles. The number of ether oxygens (including phenoxy) is 1. The highest BCUT2D eigenvalue weighted by molar-refractivity contribution is 6.05. The highest BCUT2D eigenvalue weighted by Crippen LogP contribution is 2.24. The van der Waals surface area contributed by atoms with Gasteiger partial charge in [0.2, 0.25) is 6.10 Å². The zero-order valence-electron chi connectivity index (χ0n) is 12.1. The van der Waals surface area contributed by atoms with Crippen molar-refractivity contribution in [2.24, 2.45) is 5.16 Å². The minimum Gasteiger partial charge on any atom is -0.496 e. The van der Waals surface area contributed by atoms with Crippen LogP contribution in [-0.4, -0.2) is 30.9 Å². The first-order valence-corrected chi connectivity index (χ1v) is 6.82. The molecule has 0 aromatic heterocycles. The minimum atomic E-state index is -0.552. The van der Waals surface area contributed by atoms with Crippen LogP contribution in [0.25, 0.3) is 0 Å². The molecule has 0 saturated heterocycles. The van der Waals surface area contributed by atoms with Gasteiger partial charge in [0, 0.05) is 18.0 Å². The summed E-state index contributed by atoms with van der Waals surface area (Å²) in [6, 6.07) is 7.72. The van der Waals surface area contributed by atoms with Gasteiger partial charge < -0.3 is 14.9 Å². The molecule has 0 radical (unpaired) electrons. The van der Waals surface area contributed by atoms with Crippen molar-refractivity contribution in [1.82, 2.24) is 5.32 Å². The molecular formula is C15H20N2O3. The Morgan fingerprint density at radius 1 is 1.55 bits per heavy atom. The maximum atomic E-state index is 12.0. The molecule has 1 N–H and O–H groups in total. The fourth-order valence-corrected chi connectivity index (χ4v) is 2.00. The van der Waals surface area contributed by atoms with E-state index in [2.05, 4.69) is 10.5 Å². The maximum absolute atomic E-state index is 12.0. The van der Waals surface area contributed by atoms with Gasteiger partial charge in [0.1, 0.15) is 5.75 Å². The van der Waals surface area contributed by atoms with E-state index in [1.165, 1.54) is 0 Å². The lowest BCUT2D eigenvalue weighted by atomic mass is 10.0. The van der Waals surface area contributed by atoms with Crippen LogP contribution >= 0.6 is 0 Å². The van der Waals surface area contributed by atoms with Crippen LogP contribution in [0, 0.1) is 0 Å². The second-order valence-electron chi connectivity index (χ2n) is 4.85. The third-order valence-electron chi connectivity index (χ3n) is 3.38. The number of amides is 1. The van der Waals surface area contributed by atoms with Gasteiger partial charge in [0.15, 0.2) is 0 Å². The van der Waals surface area contributed by atoms with E-state index >= 15 is 0 Å². The van der Waals surface area contributed by atoms with Crippen molar-refractivity contribution in [2.45, 2.75) is 38.8 Å². The molecule has 1 amide bonds. The number of benzene rings is 1. The molecule has 20 heavy (non-hydrogen) atoms. The number of rotatable bonds is 5. The average Bonchev–Trinajstić information content (AvgIpc) is 2.96. The van der Waals surface area contributed by atoms with Crippen LogP contribution in [0.5, 0.6) is 5.75 Å². The summed E-state index contributed by atoms with van der Waals surface area (Å²) >= 11 is 0. The number of carbonyl (C=O) groups is 1. The normalized spacial score (nSPS) is 18.9. The first-order chi connectivity index (χ1) is 9.65. The lowest BCUT2D eigenvalue weighted by molar-refractivity contribution is -0.131. The largest absolute Gasteiger partial charge is 0.496 e. The standard InChI is InChI=1S/C15H20N2O3/c1-4-10(2)16-15(18)14-9-12(17-20-14)11-7-5-6-8-13(11)19-3/h5-8,10,14H,4,9H2,1-3H3,(H,16,18)/t10-,14+/m1/s1. The summed E-state index contributed by atoms with van der Waals surface area (Å²) in [4.78, 5) is 17.3. The SMILES string of the molecule is CC[C@@H](C)NC(=O)[C@@H]1CC(c2ccccc2OC)=NO1. The van der Waals surface area contributed by atoms with E-state index in [9.17, 15) is 4.79 Å². The van der Waals surface area contributed by atoms with Crippen LogP contribution in [0.15, 0.2) is 29.4 Å². The Morgan fingerprint density at radius 3 is 3.00 bits per heavy atom. The van der Waals surface area contributed by atoms with Crippen LogP contribution < -0.4 is 10.1 Å². The zero-order valence-corrected chi connectivity index (χ0v) is 12.1. The summed E-state index contributed by atoms with van der Waals surface area (Å²) in [6.45, 7) is 3.99. The van der Waals surface area contributed by atoms with Crippen LogP contribution in [0.4, 0.5) is 0 Å². The van der Waals surface area contributed by atoms with Crippen molar-refractivity contribution in [2.75, 3.05) is 7.11 Å². The molecule has 0 saturated carbocycles. The lowest BCUT2D eigenvalue weighted by Gasteiger charge is -2.14. The fourth-order valence-electron chi connectivity index (χ4n) is 2.00. The Labute approximate surface area is 118 Å². The van der Waals surface area contributed by atoms with Gasteiger partial charge in [-0.15, -0.1) is 0 Å². The number of para-hydroxylation sites is 1. The van der Waals surface area contributed by atoms with Gasteiger partial charge in [-0.25, -0.2) is 0 Å². The third kappa shape index (κ3) is 3.10. The van der Waals surface area contributed by atoms with E-state index in [-0.39, 0.29) is 11.9 Å². The molecule has 5 heteroatoms. The van der Waals surface area contributed by atoms with Gasteiger partial charge in [0.05, 0.1) is 12.8 Å². The summed E-state index contributed by atoms with van der Waals surface area (Å²) in [5.74, 6) is 0.617. The zero-order chi connectivity index (χ0) is 14.5. The van der Waals surface area contributed by atoms with E-state index in [4.69, 9.17) is 9.57 Å². The second-order valence-corrected chi connectivity index (χ2v) is 4.85. The Bertz CT molecular complexity index is 514. The number of oxime groups is 1. The first-order valence-electron chi connectivity index (χ1n) is 6.82. The highest BCUT2D eigenvalue weighted by atomic mass is 16.6. The molecule has 1 aromatic rings. The number of carbonyl (C=O) groups excluding carboxylic acids is 1. The van der Waals surface area contributed by atoms with Crippen molar-refractivity contribution in [3.63, 3.8) is 0 Å². The van der Waals surface area contributed by atoms with Gasteiger partial charge in [-0.2, -0.15) is 0 Å². The Kier molecular flexibility index (Phi) is 4.61. The lowest BCUT2D eigenvalue weighted by Crippen LogP contribution is -2.39. The van der Waals surface area contributed by atoms with Crippen LogP contribution in [0.1, 0.15) is 32.3 Å². The third-order valence-corrected chi connectivity index (χ3v) is 3.38. The van der Waals surface area contributed by atoms with E-state index in [0.717, 1.165) is 23.4 Å². The monoisotopic (exact) mass is 276 g/mol. The van der Waals surface area contributed by atoms with Crippen LogP contribution in [-0.2, 0) is 9.63 Å². The molecule has 0 aliphatic carbocycles. The summed E-state index contributed by atoms with van der Waals surface area (Å²) in [6.07, 6.45) is 0.797. The van der Waals surface area contributed by atoms with E-state index in [0.29, 0.717) is 6.42 Å². The molecule has 2 rings (SSSR count). The van der Waals surface area contributed by atoms with Gasteiger partial charge in [-0.3, -0.25) is 4.79 Å². The minimum absolute atomic E-state index is 0.118. The smallest absolute Gasteiger partial charge is 0.264 e. The van der Waals surface area contributed by atoms with Crippen molar-refractivity contribution in [1.29, 1.82) is 0 Å². The molecule has 0 fully saturated rings. The Hall–Kier alpha value is -2.04. The van der Waals surface area contributed by atoms with Crippen molar-refractivity contribution < 1.29 is 14.4 Å². The van der Waals surface area contributed by atoms with Gasteiger partial charge >= 0.3 is 0 Å². The summed E-state index contributed by atoms with van der Waals surface area (Å²) in [5, 5.41) is 6.93. The number of hydrogen-bond acceptors (Lipinski definition) is 4. The molecule has 1 heterocycles. The molecule has 5 nitrogen and oxygen atoms in total. The summed E-state index contributed by atoms with van der Waals surface area (Å²) in [7, 11) is 1.61. The average molecular weight is 276 g/mol. The van der Waals surface area contributed by atoms with Crippen molar-refractivity contribution in [3.05, 3.63) is 29.8 Å². The van der Waals surface area contributed by atoms with Gasteiger partial charge in [-0.1, -0.05) is 24.2 Å². The topological polar surface area (TPSA) is 59.9 Å². The number of methoxy groups -OCH3 is 1. The van der Waals surface area contributed by atoms with E-state index in [1.807, 2.05) is 38.1 Å². The molecule has 0 bridgehead atoms. The molecule has 1 aromatic carbocycles. The predicted octanol–water partition coefficient (Wildman–Crippen LogP) is 2.10. The second kappa shape index (κ2) is 6.41. The summed E-state index contributed by atoms with van der Waals surface area (Å²) in [5.41, 5.74) is 1.61. The van der Waals surface area contributed by atoms with Crippen LogP contribution in [0.3, 0.4) is 0 Å². The van der Waals surface area contributed by atoms with Gasteiger partial charge in [0.25, 0.3) is 5.91 Å². The maximum Gasteiger partial charge on any atom is 0.264 e. The molecule has 2 atom stereocenters. The van der Waals surface area contributed by atoms with Crippen molar-refractivity contribution in [3.8, 4) is 5.75 Å². The number of hydrogen-bond donors (Lipinski definition) is 1. The van der Waals surface area contributed by atoms with E-state index < -0.39 is 6.10 Å². The highest BCUT2D eigenvalue weighted by Gasteiger charge is 2.30. The van der Waals surface area contributed by atoms with E-state index in [1.54, 1.807) is 7.11 Å². The molecule has 0 spiro atoms. The number of nitrogens with one attached hydrogen (secondary N) is 1. The quantitative estimate of drug-likeness (QED) is 0.896. The van der Waals surface area contributed by atoms with Gasteiger partial charge in [-0.05, 0) is 25.5 Å². The Balaban J connectivity index is 2.03. The number of nitrogens with zero attached hydrogens (tertiary/aromatic N) is 1. The first kappa shape index (κ1) is 14.4. The van der Waals surface area contributed by atoms with Crippen molar-refractivity contribution >= 4 is 11.6 Å². The molecular weight excluding hydrogens is 256 g/mol. The Morgan fingerprint density at radius 2 is 2.30 bits per heavy atom. The van der Waals surface area contributed by atoms with Crippen LogP contribution in [0.2, 0.25) is 0 Å². The summed E-state index contributed by atoms with van der Waals surface area (Å²) < 4.78 is 5.30. The predicted molar refractivity (Wildman–Crippen MR) is 76.9 cm³/mol. The molecule has 0 unspecified atom stereocenters. The fraction of sp³-hybridized carbons (Fsp3) is 0.467. The molecule has 108 valence electrons.